The zero-order chi connectivity index (χ0) is 24.9. The van der Waals surface area contributed by atoms with Crippen molar-refractivity contribution in [2.45, 2.75) is 19.3 Å². The molecule has 6 nitrogen and oxygen atoms in total. The zero-order valence-corrected chi connectivity index (χ0v) is 20.1. The molecule has 2 unspecified atom stereocenters. The zero-order valence-electron chi connectivity index (χ0n) is 20.1. The largest absolute Gasteiger partial charge is 0.492 e. The van der Waals surface area contributed by atoms with Crippen molar-refractivity contribution >= 4 is 5.91 Å². The summed E-state index contributed by atoms with van der Waals surface area (Å²) in [6.45, 7) is 3.03. The number of carbonyl (C=O) groups excluding carboxylic acids is 1. The Bertz CT molecular complexity index is 1320. The molecule has 0 saturated heterocycles. The lowest BCUT2D eigenvalue weighted by Crippen LogP contribution is -2.29. The smallest absolute Gasteiger partial charge is 0.223 e. The molecule has 4 aromatic rings. The van der Waals surface area contributed by atoms with E-state index < -0.39 is 5.82 Å². The number of hydrogen-bond donors (Lipinski definition) is 1. The van der Waals surface area contributed by atoms with Crippen molar-refractivity contribution < 1.29 is 18.7 Å². The standard InChI is InChI=1S/C29H28FN3O3/c1-2-35-27-14-13-20(17-26(27)30)28-25(19-33(32-28)21-9-5-3-6-10-21)23-18-24(23)29(34)31-15-16-36-22-11-7-4-8-12-22/h3-14,17,19,23-24H,2,15-16,18H2,1H3,(H,31,34). The summed E-state index contributed by atoms with van der Waals surface area (Å²) in [6, 6.07) is 24.2. The summed E-state index contributed by atoms with van der Waals surface area (Å²) in [5, 5.41) is 7.76. The molecule has 1 fully saturated rings. The average molecular weight is 486 g/mol. The van der Waals surface area contributed by atoms with Crippen molar-refractivity contribution in [1.82, 2.24) is 15.1 Å². The van der Waals surface area contributed by atoms with Gasteiger partial charge in [0.15, 0.2) is 11.6 Å². The Morgan fingerprint density at radius 3 is 2.53 bits per heavy atom. The first-order valence-electron chi connectivity index (χ1n) is 12.2. The number of nitrogens with zero attached hydrogens (tertiary/aromatic N) is 2. The summed E-state index contributed by atoms with van der Waals surface area (Å²) in [6.07, 6.45) is 2.67. The number of carbonyl (C=O) groups is 1. The third-order valence-electron chi connectivity index (χ3n) is 6.21. The van der Waals surface area contributed by atoms with Crippen LogP contribution in [0.3, 0.4) is 0 Å². The number of aromatic nitrogens is 2. The van der Waals surface area contributed by atoms with Crippen LogP contribution >= 0.6 is 0 Å². The molecule has 1 heterocycles. The molecule has 2 atom stereocenters. The Kier molecular flexibility index (Phi) is 6.98. The lowest BCUT2D eigenvalue weighted by Gasteiger charge is -2.08. The highest BCUT2D eigenvalue weighted by atomic mass is 19.1. The summed E-state index contributed by atoms with van der Waals surface area (Å²) in [5.41, 5.74) is 3.16. The lowest BCUT2D eigenvalue weighted by atomic mass is 10.0. The number of benzene rings is 3. The number of rotatable bonds is 10. The summed E-state index contributed by atoms with van der Waals surface area (Å²) in [7, 11) is 0. The molecular weight excluding hydrogens is 457 g/mol. The maximum atomic E-state index is 14.7. The van der Waals surface area contributed by atoms with E-state index in [1.807, 2.05) is 79.9 Å². The minimum atomic E-state index is -0.432. The van der Waals surface area contributed by atoms with Crippen molar-refractivity contribution in [3.05, 3.63) is 96.4 Å². The van der Waals surface area contributed by atoms with Crippen LogP contribution < -0.4 is 14.8 Å². The second-order valence-electron chi connectivity index (χ2n) is 8.69. The lowest BCUT2D eigenvalue weighted by molar-refractivity contribution is -0.122. The van der Waals surface area contributed by atoms with E-state index in [1.165, 1.54) is 6.07 Å². The van der Waals surface area contributed by atoms with Crippen LogP contribution in [-0.4, -0.2) is 35.4 Å². The number of nitrogens with one attached hydrogen (secondary N) is 1. The highest BCUT2D eigenvalue weighted by Crippen LogP contribution is 2.50. The van der Waals surface area contributed by atoms with Crippen LogP contribution in [0.4, 0.5) is 4.39 Å². The average Bonchev–Trinajstić information content (AvgIpc) is 3.59. The van der Waals surface area contributed by atoms with Gasteiger partial charge in [-0.15, -0.1) is 0 Å². The Balaban J connectivity index is 1.32. The van der Waals surface area contributed by atoms with Crippen LogP contribution in [0.25, 0.3) is 16.9 Å². The Morgan fingerprint density at radius 2 is 1.81 bits per heavy atom. The van der Waals surface area contributed by atoms with Crippen molar-refractivity contribution in [3.8, 4) is 28.4 Å². The molecule has 1 aliphatic rings. The van der Waals surface area contributed by atoms with E-state index in [0.29, 0.717) is 31.0 Å². The monoisotopic (exact) mass is 485 g/mol. The van der Waals surface area contributed by atoms with E-state index in [9.17, 15) is 9.18 Å². The third kappa shape index (κ3) is 5.25. The predicted molar refractivity (Wildman–Crippen MR) is 136 cm³/mol. The van der Waals surface area contributed by atoms with E-state index in [-0.39, 0.29) is 23.5 Å². The van der Waals surface area contributed by atoms with E-state index in [2.05, 4.69) is 5.32 Å². The van der Waals surface area contributed by atoms with Crippen LogP contribution in [0.2, 0.25) is 0 Å². The number of amides is 1. The van der Waals surface area contributed by atoms with E-state index in [4.69, 9.17) is 14.6 Å². The van der Waals surface area contributed by atoms with Gasteiger partial charge in [-0.3, -0.25) is 4.79 Å². The molecule has 5 rings (SSSR count). The first-order chi connectivity index (χ1) is 17.6. The van der Waals surface area contributed by atoms with Gasteiger partial charge >= 0.3 is 0 Å². The fraction of sp³-hybridized carbons (Fsp3) is 0.241. The van der Waals surface area contributed by atoms with Crippen LogP contribution in [-0.2, 0) is 4.79 Å². The molecule has 0 spiro atoms. The first-order valence-corrected chi connectivity index (χ1v) is 12.2. The molecule has 184 valence electrons. The van der Waals surface area contributed by atoms with Gasteiger partial charge in [0, 0.05) is 23.2 Å². The van der Waals surface area contributed by atoms with Gasteiger partial charge in [-0.2, -0.15) is 5.10 Å². The molecule has 36 heavy (non-hydrogen) atoms. The van der Waals surface area contributed by atoms with E-state index >= 15 is 0 Å². The molecule has 0 aliphatic heterocycles. The summed E-state index contributed by atoms with van der Waals surface area (Å²) in [5.74, 6) is 0.415. The maximum absolute atomic E-state index is 14.7. The number of ether oxygens (including phenoxy) is 2. The van der Waals surface area contributed by atoms with Gasteiger partial charge in [0.2, 0.25) is 5.91 Å². The molecule has 1 aromatic heterocycles. The molecule has 1 N–H and O–H groups in total. The van der Waals surface area contributed by atoms with Crippen molar-refractivity contribution in [1.29, 1.82) is 0 Å². The molecular formula is C29H28FN3O3. The van der Waals surface area contributed by atoms with Crippen molar-refractivity contribution in [3.63, 3.8) is 0 Å². The highest BCUT2D eigenvalue weighted by Gasteiger charge is 2.46. The van der Waals surface area contributed by atoms with Crippen LogP contribution in [0.5, 0.6) is 11.5 Å². The van der Waals surface area contributed by atoms with Crippen molar-refractivity contribution in [2.75, 3.05) is 19.8 Å². The highest BCUT2D eigenvalue weighted by molar-refractivity contribution is 5.83. The van der Waals surface area contributed by atoms with Gasteiger partial charge in [-0.1, -0.05) is 36.4 Å². The predicted octanol–water partition coefficient (Wildman–Crippen LogP) is 5.38. The molecule has 0 radical (unpaired) electrons. The minimum Gasteiger partial charge on any atom is -0.492 e. The fourth-order valence-electron chi connectivity index (χ4n) is 4.34. The maximum Gasteiger partial charge on any atom is 0.223 e. The molecule has 0 bridgehead atoms. The number of hydrogen-bond acceptors (Lipinski definition) is 4. The SMILES string of the molecule is CCOc1ccc(-c2nn(-c3ccccc3)cc2C2CC2C(=O)NCCOc2ccccc2)cc1F. The van der Waals surface area contributed by atoms with Crippen LogP contribution in [0.15, 0.2) is 85.1 Å². The third-order valence-corrected chi connectivity index (χ3v) is 6.21. The Hall–Kier alpha value is -4.13. The van der Waals surface area contributed by atoms with E-state index in [0.717, 1.165) is 23.4 Å². The summed E-state index contributed by atoms with van der Waals surface area (Å²) in [4.78, 5) is 12.8. The second kappa shape index (κ2) is 10.6. The number of halogens is 1. The first kappa shape index (κ1) is 23.6. The molecule has 3 aromatic carbocycles. The van der Waals surface area contributed by atoms with Gasteiger partial charge in [-0.05, 0) is 61.7 Å². The van der Waals surface area contributed by atoms with Crippen LogP contribution in [0, 0.1) is 11.7 Å². The summed E-state index contributed by atoms with van der Waals surface area (Å²) < 4.78 is 27.5. The summed E-state index contributed by atoms with van der Waals surface area (Å²) >= 11 is 0. The normalized spacial score (nSPS) is 16.4. The van der Waals surface area contributed by atoms with Gasteiger partial charge < -0.3 is 14.8 Å². The van der Waals surface area contributed by atoms with Gasteiger partial charge in [0.1, 0.15) is 12.4 Å². The van der Waals surface area contributed by atoms with Gasteiger partial charge in [0.05, 0.1) is 24.5 Å². The van der Waals surface area contributed by atoms with Crippen molar-refractivity contribution in [2.24, 2.45) is 5.92 Å². The van der Waals surface area contributed by atoms with E-state index in [1.54, 1.807) is 10.7 Å². The Morgan fingerprint density at radius 1 is 1.06 bits per heavy atom. The molecule has 1 aliphatic carbocycles. The molecule has 1 saturated carbocycles. The molecule has 7 heteroatoms. The molecule has 1 amide bonds. The minimum absolute atomic E-state index is 0.00653. The topological polar surface area (TPSA) is 65.4 Å². The van der Waals surface area contributed by atoms with Crippen LogP contribution in [0.1, 0.15) is 24.8 Å². The number of para-hydroxylation sites is 2. The van der Waals surface area contributed by atoms with Gasteiger partial charge in [0.25, 0.3) is 0 Å². The quantitative estimate of drug-likeness (QED) is 0.307. The fourth-order valence-corrected chi connectivity index (χ4v) is 4.34. The van der Waals surface area contributed by atoms with Gasteiger partial charge in [-0.25, -0.2) is 9.07 Å². The Labute approximate surface area is 209 Å². The second-order valence-corrected chi connectivity index (χ2v) is 8.69.